The van der Waals surface area contributed by atoms with Crippen LogP contribution < -0.4 is 9.47 Å². The molecule has 5 rings (SSSR count). The topological polar surface area (TPSA) is 64.0 Å². The summed E-state index contributed by atoms with van der Waals surface area (Å²) in [6.07, 6.45) is 0.515. The van der Waals surface area contributed by atoms with Crippen LogP contribution in [0.1, 0.15) is 40.2 Å². The van der Waals surface area contributed by atoms with Gasteiger partial charge in [0.1, 0.15) is 16.7 Å². The van der Waals surface area contributed by atoms with Crippen LogP contribution in [0, 0.1) is 0 Å². The fraction of sp³-hybridized carbons (Fsp3) is 0.192. The maximum absolute atomic E-state index is 13.4. The molecular weight excluding hydrogens is 470 g/mol. The number of thiophene rings is 1. The molecular formula is C26H22ClN3O3S. The van der Waals surface area contributed by atoms with Crippen LogP contribution in [0.3, 0.4) is 0 Å². The zero-order chi connectivity index (χ0) is 23.7. The normalized spacial score (nSPS) is 15.4. The molecule has 0 unspecified atom stereocenters. The number of fused-ring (bicyclic) bond motifs is 1. The van der Waals surface area contributed by atoms with Crippen molar-refractivity contribution in [2.24, 2.45) is 5.10 Å². The largest absolute Gasteiger partial charge is 0.497 e. The second-order valence-electron chi connectivity index (χ2n) is 7.78. The lowest BCUT2D eigenvalue weighted by Gasteiger charge is -2.22. The number of rotatable bonds is 6. The third-order valence-electron chi connectivity index (χ3n) is 5.71. The van der Waals surface area contributed by atoms with E-state index in [-0.39, 0.29) is 11.9 Å². The van der Waals surface area contributed by atoms with E-state index >= 15 is 0 Å². The predicted molar refractivity (Wildman–Crippen MR) is 135 cm³/mol. The van der Waals surface area contributed by atoms with Gasteiger partial charge in [-0.1, -0.05) is 17.7 Å². The average Bonchev–Trinajstić information content (AvgIpc) is 3.54. The Hall–Kier alpha value is -3.42. The van der Waals surface area contributed by atoms with E-state index in [0.29, 0.717) is 23.1 Å². The Morgan fingerprint density at radius 1 is 1.15 bits per heavy atom. The van der Waals surface area contributed by atoms with Crippen molar-refractivity contribution in [2.75, 3.05) is 13.7 Å². The highest BCUT2D eigenvalue weighted by molar-refractivity contribution is 7.12. The molecule has 0 saturated heterocycles. The molecule has 0 saturated carbocycles. The summed E-state index contributed by atoms with van der Waals surface area (Å²) in [6.45, 7) is 2.52. The molecule has 1 atom stereocenters. The maximum atomic E-state index is 13.4. The number of amides is 1. The van der Waals surface area contributed by atoms with Gasteiger partial charge < -0.3 is 9.47 Å². The molecule has 172 valence electrons. The standard InChI is InChI=1S/C26H22ClN3O3S/c1-3-33-19-10-11-21-17(13-19)14-20(25(27)28-21)23-15-22(16-6-8-18(32-2)9-7-16)29-30(23)26(31)24-5-4-12-34-24/h4-14,23H,3,15H2,1-2H3/t23-/m1/s1. The van der Waals surface area contributed by atoms with Crippen LogP contribution in [0.5, 0.6) is 11.5 Å². The van der Waals surface area contributed by atoms with E-state index in [4.69, 9.17) is 26.2 Å². The summed E-state index contributed by atoms with van der Waals surface area (Å²) < 4.78 is 10.9. The summed E-state index contributed by atoms with van der Waals surface area (Å²) in [5, 5.41) is 9.42. The molecule has 0 spiro atoms. The first kappa shape index (κ1) is 22.4. The van der Waals surface area contributed by atoms with Crippen LogP contribution in [0.2, 0.25) is 5.15 Å². The maximum Gasteiger partial charge on any atom is 0.284 e. The van der Waals surface area contributed by atoms with Crippen LogP contribution in [-0.4, -0.2) is 35.3 Å². The van der Waals surface area contributed by atoms with Gasteiger partial charge in [0.2, 0.25) is 0 Å². The number of hydrogen-bond donors (Lipinski definition) is 0. The van der Waals surface area contributed by atoms with Gasteiger partial charge in [-0.15, -0.1) is 11.3 Å². The van der Waals surface area contributed by atoms with Crippen molar-refractivity contribution >= 4 is 45.5 Å². The molecule has 8 heteroatoms. The van der Waals surface area contributed by atoms with Gasteiger partial charge in [0.15, 0.2) is 0 Å². The summed E-state index contributed by atoms with van der Waals surface area (Å²) in [5.41, 5.74) is 3.25. The Labute approximate surface area is 206 Å². The van der Waals surface area contributed by atoms with Crippen LogP contribution in [-0.2, 0) is 0 Å². The number of carbonyl (C=O) groups is 1. The molecule has 1 aliphatic heterocycles. The van der Waals surface area contributed by atoms with Gasteiger partial charge in [-0.2, -0.15) is 5.10 Å². The minimum atomic E-state index is -0.383. The van der Waals surface area contributed by atoms with E-state index in [9.17, 15) is 4.79 Å². The van der Waals surface area contributed by atoms with Gasteiger partial charge in [0.25, 0.3) is 5.91 Å². The first-order chi connectivity index (χ1) is 16.6. The van der Waals surface area contributed by atoms with Gasteiger partial charge in [-0.25, -0.2) is 9.99 Å². The Morgan fingerprint density at radius 2 is 1.94 bits per heavy atom. The van der Waals surface area contributed by atoms with Gasteiger partial charge in [-0.05, 0) is 72.5 Å². The van der Waals surface area contributed by atoms with Gasteiger partial charge in [0, 0.05) is 17.4 Å². The third-order valence-corrected chi connectivity index (χ3v) is 6.87. The molecule has 1 amide bonds. The van der Waals surface area contributed by atoms with E-state index in [1.54, 1.807) is 13.2 Å². The summed E-state index contributed by atoms with van der Waals surface area (Å²) in [6, 6.07) is 18.6. The lowest BCUT2D eigenvalue weighted by atomic mass is 9.98. The smallest absolute Gasteiger partial charge is 0.284 e. The Bertz CT molecular complexity index is 1370. The number of methoxy groups -OCH3 is 1. The van der Waals surface area contributed by atoms with Crippen molar-refractivity contribution in [2.45, 2.75) is 19.4 Å². The number of halogens is 1. The van der Waals surface area contributed by atoms with Crippen LogP contribution >= 0.6 is 22.9 Å². The molecule has 0 bridgehead atoms. The summed E-state index contributed by atoms with van der Waals surface area (Å²) >= 11 is 8.06. The molecule has 0 N–H and O–H groups in total. The molecule has 2 aromatic carbocycles. The molecule has 2 aromatic heterocycles. The SMILES string of the molecule is CCOc1ccc2nc(Cl)c([C@H]3CC(c4ccc(OC)cc4)=NN3C(=O)c3cccs3)cc2c1. The first-order valence-corrected chi connectivity index (χ1v) is 12.1. The lowest BCUT2D eigenvalue weighted by Crippen LogP contribution is -2.26. The molecule has 3 heterocycles. The zero-order valence-corrected chi connectivity index (χ0v) is 20.3. The van der Waals surface area contributed by atoms with Crippen molar-refractivity contribution in [3.05, 3.63) is 87.2 Å². The molecule has 34 heavy (non-hydrogen) atoms. The van der Waals surface area contributed by atoms with E-state index in [0.717, 1.165) is 39.2 Å². The van der Waals surface area contributed by atoms with Crippen molar-refractivity contribution in [3.8, 4) is 11.5 Å². The zero-order valence-electron chi connectivity index (χ0n) is 18.7. The van der Waals surface area contributed by atoms with Crippen molar-refractivity contribution in [1.82, 2.24) is 9.99 Å². The lowest BCUT2D eigenvalue weighted by molar-refractivity contribution is 0.0716. The van der Waals surface area contributed by atoms with E-state index in [2.05, 4.69) is 4.98 Å². The van der Waals surface area contributed by atoms with Crippen molar-refractivity contribution in [1.29, 1.82) is 0 Å². The van der Waals surface area contributed by atoms with Crippen molar-refractivity contribution < 1.29 is 14.3 Å². The molecule has 0 fully saturated rings. The molecule has 6 nitrogen and oxygen atoms in total. The van der Waals surface area contributed by atoms with Crippen molar-refractivity contribution in [3.63, 3.8) is 0 Å². The minimum absolute atomic E-state index is 0.164. The number of hydrogen-bond acceptors (Lipinski definition) is 6. The predicted octanol–water partition coefficient (Wildman–Crippen LogP) is 6.35. The minimum Gasteiger partial charge on any atom is -0.497 e. The quantitative estimate of drug-likeness (QED) is 0.295. The van der Waals surface area contributed by atoms with E-state index in [1.807, 2.05) is 66.9 Å². The Kier molecular flexibility index (Phi) is 6.22. The highest BCUT2D eigenvalue weighted by atomic mass is 35.5. The second-order valence-corrected chi connectivity index (χ2v) is 9.08. The van der Waals surface area contributed by atoms with Crippen LogP contribution in [0.15, 0.2) is 71.1 Å². The summed E-state index contributed by atoms with van der Waals surface area (Å²) in [7, 11) is 1.63. The number of aromatic nitrogens is 1. The number of hydrazone groups is 1. The average molecular weight is 492 g/mol. The van der Waals surface area contributed by atoms with Gasteiger partial charge in [-0.3, -0.25) is 4.79 Å². The number of pyridine rings is 1. The third kappa shape index (κ3) is 4.24. The number of ether oxygens (including phenoxy) is 2. The fourth-order valence-corrected chi connectivity index (χ4v) is 4.98. The van der Waals surface area contributed by atoms with Gasteiger partial charge in [0.05, 0.1) is 35.9 Å². The van der Waals surface area contributed by atoms with Crippen LogP contribution in [0.4, 0.5) is 0 Å². The molecule has 4 aromatic rings. The van der Waals surface area contributed by atoms with E-state index < -0.39 is 0 Å². The Balaban J connectivity index is 1.57. The Morgan fingerprint density at radius 3 is 2.65 bits per heavy atom. The van der Waals surface area contributed by atoms with E-state index in [1.165, 1.54) is 16.3 Å². The molecule has 1 aliphatic rings. The molecule has 0 aliphatic carbocycles. The fourth-order valence-electron chi connectivity index (χ4n) is 4.05. The monoisotopic (exact) mass is 491 g/mol. The van der Waals surface area contributed by atoms with Crippen LogP contribution in [0.25, 0.3) is 10.9 Å². The number of nitrogens with zero attached hydrogens (tertiary/aromatic N) is 3. The summed E-state index contributed by atoms with van der Waals surface area (Å²) in [5.74, 6) is 1.36. The summed E-state index contributed by atoms with van der Waals surface area (Å²) in [4.78, 5) is 18.6. The van der Waals surface area contributed by atoms with Gasteiger partial charge >= 0.3 is 0 Å². The second kappa shape index (κ2) is 9.44. The highest BCUT2D eigenvalue weighted by Crippen LogP contribution is 2.39. The molecule has 0 radical (unpaired) electrons. The highest BCUT2D eigenvalue weighted by Gasteiger charge is 2.35. The number of carbonyl (C=O) groups excluding carboxylic acids is 1. The first-order valence-electron chi connectivity index (χ1n) is 10.9. The number of benzene rings is 2.